The van der Waals surface area contributed by atoms with Crippen molar-refractivity contribution in [1.29, 1.82) is 0 Å². The molecule has 0 bridgehead atoms. The van der Waals surface area contributed by atoms with Crippen molar-refractivity contribution in [2.24, 2.45) is 0 Å². The number of ether oxygens (including phenoxy) is 2. The molecule has 0 spiro atoms. The molecule has 1 atom stereocenters. The number of carbonyl (C=O) groups excluding carboxylic acids is 2. The molecule has 0 radical (unpaired) electrons. The highest BCUT2D eigenvalue weighted by Crippen LogP contribution is 2.36. The van der Waals surface area contributed by atoms with E-state index in [4.69, 9.17) is 19.3 Å². The Morgan fingerprint density at radius 2 is 0.824 bits per heavy atom. The van der Waals surface area contributed by atoms with Crippen LogP contribution in [0.4, 0.5) is 0 Å². The lowest BCUT2D eigenvalue weighted by Gasteiger charge is -2.18. The molecule has 0 rings (SSSR count). The van der Waals surface area contributed by atoms with E-state index in [9.17, 15) is 14.2 Å². The normalized spacial score (nSPS) is 12.5. The summed E-state index contributed by atoms with van der Waals surface area (Å²) >= 11 is 0. The summed E-state index contributed by atoms with van der Waals surface area (Å²) in [5, 5.41) is 0. The Kier molecular flexibility index (Phi) is 37.6. The van der Waals surface area contributed by atoms with Gasteiger partial charge < -0.3 is 19.3 Å². The van der Waals surface area contributed by atoms with Gasteiger partial charge in [-0.1, -0.05) is 187 Å². The first-order chi connectivity index (χ1) is 24.8. The van der Waals surface area contributed by atoms with E-state index >= 15 is 0 Å². The Morgan fingerprint density at radius 3 is 1.22 bits per heavy atom. The standard InChI is InChI=1S/C42H81O8P/c1-3-5-7-9-11-13-15-17-19-20-21-23-24-26-28-30-32-34-36-41(43)48-38-40(39-49-51(45,46)47)50-42(44)37-35-33-31-29-27-25-22-18-16-14-12-10-8-6-4-2/h25,27,40H,3-24,26,28-39H2,1-2H3,(H2,45,46,47)/b27-25+/t40-/m1/s1. The molecule has 0 unspecified atom stereocenters. The highest BCUT2D eigenvalue weighted by Gasteiger charge is 2.22. The molecule has 302 valence electrons. The van der Waals surface area contributed by atoms with E-state index in [1.807, 2.05) is 0 Å². The van der Waals surface area contributed by atoms with Gasteiger partial charge in [0.25, 0.3) is 0 Å². The molecule has 2 N–H and O–H groups in total. The lowest BCUT2D eigenvalue weighted by atomic mass is 10.0. The predicted molar refractivity (Wildman–Crippen MR) is 212 cm³/mol. The van der Waals surface area contributed by atoms with Gasteiger partial charge >= 0.3 is 19.8 Å². The number of phosphoric ester groups is 1. The monoisotopic (exact) mass is 745 g/mol. The van der Waals surface area contributed by atoms with Gasteiger partial charge in [-0.3, -0.25) is 14.1 Å². The number of unbranched alkanes of at least 4 members (excludes halogenated alkanes) is 28. The molecule has 0 aliphatic heterocycles. The molecule has 0 heterocycles. The third-order valence-electron chi connectivity index (χ3n) is 9.53. The van der Waals surface area contributed by atoms with E-state index in [0.717, 1.165) is 44.9 Å². The highest BCUT2D eigenvalue weighted by molar-refractivity contribution is 7.46. The van der Waals surface area contributed by atoms with Crippen LogP contribution in [0.5, 0.6) is 0 Å². The van der Waals surface area contributed by atoms with Gasteiger partial charge in [0.1, 0.15) is 6.61 Å². The lowest BCUT2D eigenvalue weighted by Crippen LogP contribution is -2.29. The van der Waals surface area contributed by atoms with Crippen LogP contribution in [0.3, 0.4) is 0 Å². The van der Waals surface area contributed by atoms with Crippen LogP contribution in [0.2, 0.25) is 0 Å². The van der Waals surface area contributed by atoms with Crippen LogP contribution >= 0.6 is 7.82 Å². The molecule has 0 saturated carbocycles. The minimum Gasteiger partial charge on any atom is -0.462 e. The second-order valence-corrected chi connectivity index (χ2v) is 15.9. The maximum absolute atomic E-state index is 12.4. The quantitative estimate of drug-likeness (QED) is 0.0275. The summed E-state index contributed by atoms with van der Waals surface area (Å²) in [6.07, 6.45) is 42.2. The van der Waals surface area contributed by atoms with Crippen LogP contribution in [0.25, 0.3) is 0 Å². The zero-order valence-electron chi connectivity index (χ0n) is 33.3. The maximum atomic E-state index is 12.4. The molecule has 0 aliphatic carbocycles. The number of allylic oxidation sites excluding steroid dienone is 2. The molecule has 51 heavy (non-hydrogen) atoms. The third kappa shape index (κ3) is 41.4. The fourth-order valence-electron chi connectivity index (χ4n) is 6.31. The van der Waals surface area contributed by atoms with Gasteiger partial charge in [0.2, 0.25) is 0 Å². The number of rotatable bonds is 40. The Balaban J connectivity index is 3.88. The summed E-state index contributed by atoms with van der Waals surface area (Å²) < 4.78 is 26.4. The molecule has 0 fully saturated rings. The minimum absolute atomic E-state index is 0.196. The van der Waals surface area contributed by atoms with Gasteiger partial charge in [-0.05, 0) is 38.5 Å². The fourth-order valence-corrected chi connectivity index (χ4v) is 6.67. The summed E-state index contributed by atoms with van der Waals surface area (Å²) in [6, 6.07) is 0. The van der Waals surface area contributed by atoms with Gasteiger partial charge in [0.15, 0.2) is 6.10 Å². The third-order valence-corrected chi connectivity index (χ3v) is 10.0. The Bertz CT molecular complexity index is 843. The van der Waals surface area contributed by atoms with Crippen molar-refractivity contribution in [2.45, 2.75) is 232 Å². The largest absolute Gasteiger partial charge is 0.469 e. The molecule has 0 aromatic heterocycles. The zero-order valence-corrected chi connectivity index (χ0v) is 34.2. The van der Waals surface area contributed by atoms with Gasteiger partial charge in [-0.15, -0.1) is 0 Å². The van der Waals surface area contributed by atoms with Crippen molar-refractivity contribution < 1.29 is 37.9 Å². The van der Waals surface area contributed by atoms with Crippen LogP contribution in [0.1, 0.15) is 226 Å². The first-order valence-electron chi connectivity index (χ1n) is 21.5. The average Bonchev–Trinajstić information content (AvgIpc) is 3.10. The maximum Gasteiger partial charge on any atom is 0.469 e. The number of phosphoric acid groups is 1. The fraction of sp³-hybridized carbons (Fsp3) is 0.905. The summed E-state index contributed by atoms with van der Waals surface area (Å²) in [5.74, 6) is -0.890. The van der Waals surface area contributed by atoms with Crippen LogP contribution in [0.15, 0.2) is 12.2 Å². The Labute approximate surface area is 314 Å². The Morgan fingerprint density at radius 1 is 0.490 bits per heavy atom. The molecule has 0 saturated heterocycles. The molecule has 0 aromatic carbocycles. The van der Waals surface area contributed by atoms with Gasteiger partial charge in [0, 0.05) is 12.8 Å². The van der Waals surface area contributed by atoms with Crippen molar-refractivity contribution in [3.05, 3.63) is 12.2 Å². The van der Waals surface area contributed by atoms with Crippen molar-refractivity contribution in [3.8, 4) is 0 Å². The van der Waals surface area contributed by atoms with E-state index in [1.54, 1.807) is 0 Å². The molecule has 0 aliphatic rings. The number of hydrogen-bond acceptors (Lipinski definition) is 6. The van der Waals surface area contributed by atoms with Crippen molar-refractivity contribution in [1.82, 2.24) is 0 Å². The van der Waals surface area contributed by atoms with Crippen LogP contribution in [0, 0.1) is 0 Å². The summed E-state index contributed by atoms with van der Waals surface area (Å²) in [6.45, 7) is 3.70. The van der Waals surface area contributed by atoms with E-state index < -0.39 is 32.5 Å². The second-order valence-electron chi connectivity index (χ2n) is 14.7. The molecular weight excluding hydrogens is 663 g/mol. The molecule has 0 amide bonds. The average molecular weight is 745 g/mol. The van der Waals surface area contributed by atoms with Crippen LogP contribution < -0.4 is 0 Å². The van der Waals surface area contributed by atoms with E-state index in [-0.39, 0.29) is 19.4 Å². The lowest BCUT2D eigenvalue weighted by molar-refractivity contribution is -0.161. The van der Waals surface area contributed by atoms with Gasteiger partial charge in [-0.2, -0.15) is 0 Å². The molecule has 8 nitrogen and oxygen atoms in total. The van der Waals surface area contributed by atoms with E-state index in [0.29, 0.717) is 6.42 Å². The van der Waals surface area contributed by atoms with Crippen molar-refractivity contribution in [2.75, 3.05) is 13.2 Å². The minimum atomic E-state index is -4.75. The second kappa shape index (κ2) is 38.5. The Hall–Kier alpha value is -1.21. The van der Waals surface area contributed by atoms with Crippen LogP contribution in [-0.2, 0) is 28.2 Å². The van der Waals surface area contributed by atoms with E-state index in [1.165, 1.54) is 148 Å². The molecule has 9 heteroatoms. The van der Waals surface area contributed by atoms with Gasteiger partial charge in [-0.25, -0.2) is 4.57 Å². The molecular formula is C42H81O8P. The summed E-state index contributed by atoms with van der Waals surface area (Å²) in [7, 11) is -4.75. The predicted octanol–water partition coefficient (Wildman–Crippen LogP) is 13.0. The SMILES string of the molecule is CCCCCCCCCC/C=C/CCCCCC(=O)O[C@H](COC(=O)CCCCCCCCCCCCCCCCCCCC)COP(=O)(O)O. The van der Waals surface area contributed by atoms with E-state index in [2.05, 4.69) is 30.5 Å². The zero-order chi connectivity index (χ0) is 37.5. The van der Waals surface area contributed by atoms with Crippen molar-refractivity contribution >= 4 is 19.8 Å². The first kappa shape index (κ1) is 49.8. The summed E-state index contributed by atoms with van der Waals surface area (Å²) in [4.78, 5) is 42.8. The van der Waals surface area contributed by atoms with Crippen molar-refractivity contribution in [3.63, 3.8) is 0 Å². The highest BCUT2D eigenvalue weighted by atomic mass is 31.2. The summed E-state index contributed by atoms with van der Waals surface area (Å²) in [5.41, 5.74) is 0. The molecule has 0 aromatic rings. The smallest absolute Gasteiger partial charge is 0.462 e. The first-order valence-corrected chi connectivity index (χ1v) is 23.0. The number of hydrogen-bond donors (Lipinski definition) is 2. The number of esters is 2. The van der Waals surface area contributed by atoms with Crippen LogP contribution in [-0.4, -0.2) is 41.0 Å². The van der Waals surface area contributed by atoms with Gasteiger partial charge in [0.05, 0.1) is 6.61 Å². The topological polar surface area (TPSA) is 119 Å². The number of carbonyl (C=O) groups is 2.